The molecule has 0 saturated carbocycles. The summed E-state index contributed by atoms with van der Waals surface area (Å²) < 4.78 is 7.34. The summed E-state index contributed by atoms with van der Waals surface area (Å²) in [5.74, 6) is 0. The predicted octanol–water partition coefficient (Wildman–Crippen LogP) is 16.7. The van der Waals surface area contributed by atoms with Crippen molar-refractivity contribution in [3.05, 3.63) is 224 Å². The Bertz CT molecular complexity index is 4330. The molecule has 300 valence electrons. The number of benzene rings is 11. The van der Waals surface area contributed by atoms with Gasteiger partial charge in [-0.25, -0.2) is 0 Å². The highest BCUT2D eigenvalue weighted by Gasteiger charge is 2.23. The van der Waals surface area contributed by atoms with Gasteiger partial charge in [-0.05, 0) is 117 Å². The highest BCUT2D eigenvalue weighted by Crippen LogP contribution is 2.47. The summed E-state index contributed by atoms with van der Waals surface area (Å²) >= 11 is 0. The van der Waals surface area contributed by atoms with E-state index in [1.165, 1.54) is 137 Å². The fourth-order valence-corrected chi connectivity index (χ4v) is 11.7. The Morgan fingerprint density at radius 2 is 0.554 bits per heavy atom. The van der Waals surface area contributed by atoms with Gasteiger partial charge >= 0.3 is 0 Å². The van der Waals surface area contributed by atoms with Gasteiger partial charge in [0.05, 0.1) is 38.6 Å². The van der Waals surface area contributed by atoms with Crippen molar-refractivity contribution in [2.24, 2.45) is 0 Å². The van der Waals surface area contributed by atoms with E-state index >= 15 is 0 Å². The molecular formula is C62H37N3. The summed E-state index contributed by atoms with van der Waals surface area (Å²) in [6.07, 6.45) is 0. The van der Waals surface area contributed by atoms with Gasteiger partial charge in [0.25, 0.3) is 0 Å². The molecule has 11 aromatic carbocycles. The molecule has 15 rings (SSSR count). The van der Waals surface area contributed by atoms with E-state index in [2.05, 4.69) is 238 Å². The quantitative estimate of drug-likeness (QED) is 0.157. The minimum Gasteiger partial charge on any atom is -0.309 e. The van der Waals surface area contributed by atoms with E-state index in [1.807, 2.05) is 0 Å². The van der Waals surface area contributed by atoms with Crippen molar-refractivity contribution in [1.29, 1.82) is 0 Å². The van der Waals surface area contributed by atoms with Crippen molar-refractivity contribution in [2.45, 2.75) is 0 Å². The summed E-state index contributed by atoms with van der Waals surface area (Å²) in [5.41, 5.74) is 15.9. The smallest absolute Gasteiger partial charge is 0.0622 e. The van der Waals surface area contributed by atoms with Gasteiger partial charge in [-0.2, -0.15) is 0 Å². The van der Waals surface area contributed by atoms with Crippen LogP contribution < -0.4 is 0 Å². The molecule has 4 heterocycles. The predicted molar refractivity (Wildman–Crippen MR) is 276 cm³/mol. The van der Waals surface area contributed by atoms with E-state index in [1.54, 1.807) is 0 Å². The lowest BCUT2D eigenvalue weighted by molar-refractivity contribution is 1.18. The fourth-order valence-electron chi connectivity index (χ4n) is 11.7. The summed E-state index contributed by atoms with van der Waals surface area (Å²) in [6.45, 7) is 0. The van der Waals surface area contributed by atoms with Gasteiger partial charge in [0.1, 0.15) is 0 Å². The molecule has 0 aliphatic carbocycles. The van der Waals surface area contributed by atoms with E-state index in [-0.39, 0.29) is 0 Å². The van der Waals surface area contributed by atoms with Crippen LogP contribution in [-0.4, -0.2) is 13.5 Å². The molecule has 0 bridgehead atoms. The summed E-state index contributed by atoms with van der Waals surface area (Å²) in [7, 11) is 0. The van der Waals surface area contributed by atoms with Crippen LogP contribution in [0.4, 0.5) is 0 Å². The third-order valence-corrected chi connectivity index (χ3v) is 14.3. The van der Waals surface area contributed by atoms with E-state index < -0.39 is 0 Å². The van der Waals surface area contributed by atoms with Crippen LogP contribution in [0, 0.1) is 0 Å². The van der Waals surface area contributed by atoms with Crippen molar-refractivity contribution in [2.75, 3.05) is 0 Å². The Kier molecular flexibility index (Phi) is 6.95. The zero-order valence-corrected chi connectivity index (χ0v) is 35.2. The first-order valence-corrected chi connectivity index (χ1v) is 22.5. The zero-order chi connectivity index (χ0) is 42.3. The highest BCUT2D eigenvalue weighted by molar-refractivity contribution is 6.26. The highest BCUT2D eigenvalue weighted by atomic mass is 15.0. The van der Waals surface area contributed by atoms with Crippen molar-refractivity contribution in [3.63, 3.8) is 0 Å². The van der Waals surface area contributed by atoms with Gasteiger partial charge in [0.15, 0.2) is 0 Å². The molecule has 65 heavy (non-hydrogen) atoms. The van der Waals surface area contributed by atoms with Gasteiger partial charge in [-0.3, -0.25) is 0 Å². The number of aromatic nitrogens is 3. The standard InChI is InChI=1S/C62H37N3/c1-2-16-40(17-3-1)63-54-26-12-8-18-42(54)50-34-38(30-32-58(50)63)60-46-22-4-6-24-48(46)61(49-25-7-5-23-47(49)60)39-31-33-59-51(35-39)43-19-9-13-27-55(43)64(59)41-36-52-44-20-10-14-28-56(44)65-57-29-15-11-21-45(57)53(37-41)62(52)65/h1-37H. The Balaban J connectivity index is 0.966. The molecule has 3 heteroatoms. The molecule has 15 aromatic rings. The first kappa shape index (κ1) is 34.9. The molecule has 0 radical (unpaired) electrons. The number of rotatable bonds is 4. The number of nitrogens with zero attached hydrogens (tertiary/aromatic N) is 3. The van der Waals surface area contributed by atoms with Crippen LogP contribution in [0.25, 0.3) is 137 Å². The van der Waals surface area contributed by atoms with Gasteiger partial charge < -0.3 is 13.5 Å². The first-order valence-electron chi connectivity index (χ1n) is 22.5. The minimum absolute atomic E-state index is 1.17. The molecule has 4 aromatic heterocycles. The Morgan fingerprint density at radius 1 is 0.215 bits per heavy atom. The lowest BCUT2D eigenvalue weighted by Crippen LogP contribution is -1.94. The first-order chi connectivity index (χ1) is 32.3. The maximum absolute atomic E-state index is 2.49. The number of para-hydroxylation sites is 5. The van der Waals surface area contributed by atoms with Crippen LogP contribution in [0.3, 0.4) is 0 Å². The van der Waals surface area contributed by atoms with Crippen LogP contribution in [-0.2, 0) is 0 Å². The number of fused-ring (bicyclic) bond motifs is 14. The monoisotopic (exact) mass is 823 g/mol. The van der Waals surface area contributed by atoms with E-state index in [0.29, 0.717) is 0 Å². The second-order valence-corrected chi connectivity index (χ2v) is 17.6. The van der Waals surface area contributed by atoms with Crippen LogP contribution >= 0.6 is 0 Å². The summed E-state index contributed by atoms with van der Waals surface area (Å²) in [5, 5.41) is 15.1. The van der Waals surface area contributed by atoms with Gasteiger partial charge in [-0.1, -0.05) is 152 Å². The zero-order valence-electron chi connectivity index (χ0n) is 35.2. The average molecular weight is 824 g/mol. The normalized spacial score (nSPS) is 12.3. The van der Waals surface area contributed by atoms with Crippen molar-refractivity contribution in [3.8, 4) is 33.6 Å². The maximum Gasteiger partial charge on any atom is 0.0622 e. The second kappa shape index (κ2) is 12.9. The second-order valence-electron chi connectivity index (χ2n) is 17.6. The number of hydrogen-bond donors (Lipinski definition) is 0. The fraction of sp³-hybridized carbons (Fsp3) is 0. The molecule has 0 fully saturated rings. The molecule has 0 amide bonds. The third-order valence-electron chi connectivity index (χ3n) is 14.3. The largest absolute Gasteiger partial charge is 0.309 e. The third kappa shape index (κ3) is 4.68. The molecule has 0 atom stereocenters. The van der Waals surface area contributed by atoms with Crippen molar-refractivity contribution >= 4 is 103 Å². The maximum atomic E-state index is 2.49. The number of hydrogen-bond acceptors (Lipinski definition) is 0. The van der Waals surface area contributed by atoms with Crippen LogP contribution in [0.1, 0.15) is 0 Å². The molecule has 3 nitrogen and oxygen atoms in total. The Labute approximate surface area is 373 Å². The van der Waals surface area contributed by atoms with E-state index in [4.69, 9.17) is 0 Å². The molecule has 0 saturated heterocycles. The van der Waals surface area contributed by atoms with Crippen molar-refractivity contribution < 1.29 is 0 Å². The van der Waals surface area contributed by atoms with E-state index in [0.717, 1.165) is 0 Å². The van der Waals surface area contributed by atoms with Crippen LogP contribution in [0.5, 0.6) is 0 Å². The Morgan fingerprint density at radius 3 is 1.00 bits per heavy atom. The Hall–Kier alpha value is -8.66. The molecule has 0 spiro atoms. The van der Waals surface area contributed by atoms with Gasteiger partial charge in [0, 0.05) is 54.5 Å². The van der Waals surface area contributed by atoms with Crippen molar-refractivity contribution in [1.82, 2.24) is 13.5 Å². The molecule has 0 aliphatic heterocycles. The van der Waals surface area contributed by atoms with Crippen LogP contribution in [0.15, 0.2) is 224 Å². The van der Waals surface area contributed by atoms with Gasteiger partial charge in [-0.15, -0.1) is 0 Å². The lowest BCUT2D eigenvalue weighted by atomic mass is 9.85. The van der Waals surface area contributed by atoms with E-state index in [9.17, 15) is 0 Å². The average Bonchev–Trinajstić information content (AvgIpc) is 4.10. The van der Waals surface area contributed by atoms with Gasteiger partial charge in [0.2, 0.25) is 0 Å². The molecular weight excluding hydrogens is 787 g/mol. The summed E-state index contributed by atoms with van der Waals surface area (Å²) in [6, 6.07) is 83.3. The van der Waals surface area contributed by atoms with Crippen LogP contribution in [0.2, 0.25) is 0 Å². The SMILES string of the molecule is c1ccc(-n2c3ccccc3c3cc(-c4c5ccccc5c(-c5ccc6c(c5)c5ccccc5n6-c5cc6c7ccccc7n7c8ccccc8c(c5)c67)c5ccccc45)ccc32)cc1. The lowest BCUT2D eigenvalue weighted by Gasteiger charge is -2.18. The summed E-state index contributed by atoms with van der Waals surface area (Å²) in [4.78, 5) is 0. The topological polar surface area (TPSA) is 14.3 Å². The molecule has 0 N–H and O–H groups in total. The molecule has 0 unspecified atom stereocenters. The molecule has 0 aliphatic rings. The minimum atomic E-state index is 1.17.